The van der Waals surface area contributed by atoms with Crippen LogP contribution in [0.1, 0.15) is 29.9 Å². The minimum atomic E-state index is -0.984. The largest absolute Gasteiger partial charge is 0.550 e. The highest BCUT2D eigenvalue weighted by molar-refractivity contribution is 5.65. The summed E-state index contributed by atoms with van der Waals surface area (Å²) in [5.41, 5.74) is 2.31. The number of aryl methyl sites for hydroxylation is 1. The van der Waals surface area contributed by atoms with Crippen molar-refractivity contribution in [1.82, 2.24) is 0 Å². The fraction of sp³-hybridized carbons (Fsp3) is 0.235. The lowest BCUT2D eigenvalue weighted by Crippen LogP contribution is -2.24. The first kappa shape index (κ1) is 13.3. The Kier molecular flexibility index (Phi) is 4.73. The first-order chi connectivity index (χ1) is 9.25. The fourth-order valence-electron chi connectivity index (χ4n) is 2.30. The van der Waals surface area contributed by atoms with Crippen molar-refractivity contribution in [2.75, 3.05) is 0 Å². The number of carboxylic acid groups (broad SMARTS) is 1. The third-order valence-corrected chi connectivity index (χ3v) is 3.31. The molecule has 0 amide bonds. The van der Waals surface area contributed by atoms with Crippen LogP contribution in [0.3, 0.4) is 0 Å². The number of hydrogen-bond acceptors (Lipinski definition) is 2. The van der Waals surface area contributed by atoms with Crippen LogP contribution in [0, 0.1) is 0 Å². The van der Waals surface area contributed by atoms with Gasteiger partial charge in [0.15, 0.2) is 0 Å². The van der Waals surface area contributed by atoms with Crippen LogP contribution in [-0.2, 0) is 11.2 Å². The molecule has 0 heterocycles. The van der Waals surface area contributed by atoms with Gasteiger partial charge in [-0.15, -0.1) is 0 Å². The van der Waals surface area contributed by atoms with Gasteiger partial charge in [0.25, 0.3) is 0 Å². The number of carbonyl (C=O) groups is 1. The van der Waals surface area contributed by atoms with Gasteiger partial charge in [0.2, 0.25) is 0 Å². The number of hydrogen-bond donors (Lipinski definition) is 0. The van der Waals surface area contributed by atoms with Crippen LogP contribution in [0.5, 0.6) is 0 Å². The van der Waals surface area contributed by atoms with E-state index in [1.54, 1.807) is 0 Å². The standard InChI is InChI=1S/C17H18O2/c18-17(19)13-16(15-9-5-2-6-10-15)12-11-14-7-3-1-4-8-14/h1-10,16H,11-13H2,(H,18,19)/p-1/t16-/m0/s1. The van der Waals surface area contributed by atoms with E-state index in [0.717, 1.165) is 18.4 Å². The summed E-state index contributed by atoms with van der Waals surface area (Å²) in [7, 11) is 0. The van der Waals surface area contributed by atoms with Gasteiger partial charge in [-0.3, -0.25) is 0 Å². The summed E-state index contributed by atoms with van der Waals surface area (Å²) >= 11 is 0. The summed E-state index contributed by atoms with van der Waals surface area (Å²) in [5, 5.41) is 10.9. The SMILES string of the molecule is O=C([O-])C[C@H](CCc1ccccc1)c1ccccc1. The molecule has 19 heavy (non-hydrogen) atoms. The Morgan fingerprint density at radius 1 is 0.947 bits per heavy atom. The molecule has 2 rings (SSSR count). The molecule has 1 atom stereocenters. The smallest absolute Gasteiger partial charge is 0.0420 e. The summed E-state index contributed by atoms with van der Waals surface area (Å²) in [6.07, 6.45) is 1.78. The van der Waals surface area contributed by atoms with Gasteiger partial charge in [0.05, 0.1) is 0 Å². The monoisotopic (exact) mass is 253 g/mol. The fourth-order valence-corrected chi connectivity index (χ4v) is 2.30. The maximum Gasteiger partial charge on any atom is 0.0420 e. The number of carbonyl (C=O) groups excluding carboxylic acids is 1. The van der Waals surface area contributed by atoms with Crippen LogP contribution in [0.4, 0.5) is 0 Å². The lowest BCUT2D eigenvalue weighted by Gasteiger charge is -2.18. The predicted molar refractivity (Wildman–Crippen MR) is 73.6 cm³/mol. The Morgan fingerprint density at radius 2 is 1.53 bits per heavy atom. The topological polar surface area (TPSA) is 40.1 Å². The molecule has 0 spiro atoms. The van der Waals surface area contributed by atoms with Crippen molar-refractivity contribution >= 4 is 5.97 Å². The predicted octanol–water partition coefficient (Wildman–Crippen LogP) is 2.54. The van der Waals surface area contributed by atoms with Crippen LogP contribution in [0.2, 0.25) is 0 Å². The second-order valence-corrected chi connectivity index (χ2v) is 4.71. The molecular weight excluding hydrogens is 236 g/mol. The normalized spacial score (nSPS) is 12.0. The molecule has 2 heteroatoms. The lowest BCUT2D eigenvalue weighted by atomic mass is 9.90. The average molecular weight is 253 g/mol. The first-order valence-corrected chi connectivity index (χ1v) is 6.54. The summed E-state index contributed by atoms with van der Waals surface area (Å²) in [4.78, 5) is 10.9. The molecule has 0 N–H and O–H groups in total. The van der Waals surface area contributed by atoms with E-state index in [-0.39, 0.29) is 12.3 Å². The van der Waals surface area contributed by atoms with Gasteiger partial charge < -0.3 is 9.90 Å². The highest BCUT2D eigenvalue weighted by atomic mass is 16.4. The average Bonchev–Trinajstić information content (AvgIpc) is 2.45. The minimum absolute atomic E-state index is 0.0198. The molecular formula is C17H17O2-. The van der Waals surface area contributed by atoms with Crippen LogP contribution in [0.25, 0.3) is 0 Å². The summed E-state index contributed by atoms with van der Waals surface area (Å²) < 4.78 is 0. The zero-order valence-corrected chi connectivity index (χ0v) is 10.8. The Morgan fingerprint density at radius 3 is 2.11 bits per heavy atom. The Hall–Kier alpha value is -2.09. The molecule has 0 aliphatic carbocycles. The molecule has 2 aromatic rings. The summed E-state index contributed by atoms with van der Waals surface area (Å²) in [5.74, 6) is -0.965. The van der Waals surface area contributed by atoms with Gasteiger partial charge in [-0.1, -0.05) is 60.7 Å². The van der Waals surface area contributed by atoms with Gasteiger partial charge >= 0.3 is 0 Å². The zero-order chi connectivity index (χ0) is 13.5. The maximum atomic E-state index is 10.9. The van der Waals surface area contributed by atoms with Gasteiger partial charge in [-0.25, -0.2) is 0 Å². The Labute approximate surface area is 113 Å². The van der Waals surface area contributed by atoms with Gasteiger partial charge in [-0.2, -0.15) is 0 Å². The van der Waals surface area contributed by atoms with E-state index >= 15 is 0 Å². The Balaban J connectivity index is 2.04. The Bertz CT molecular complexity index is 505. The molecule has 0 unspecified atom stereocenters. The molecule has 98 valence electrons. The number of carboxylic acids is 1. The molecule has 0 aliphatic heterocycles. The molecule has 0 saturated heterocycles. The molecule has 0 radical (unpaired) electrons. The van der Waals surface area contributed by atoms with Crippen LogP contribution in [0.15, 0.2) is 60.7 Å². The van der Waals surface area contributed by atoms with Gasteiger partial charge in [0.1, 0.15) is 0 Å². The van der Waals surface area contributed by atoms with E-state index in [2.05, 4.69) is 12.1 Å². The van der Waals surface area contributed by atoms with E-state index in [4.69, 9.17) is 0 Å². The molecule has 2 nitrogen and oxygen atoms in total. The quantitative estimate of drug-likeness (QED) is 0.793. The van der Waals surface area contributed by atoms with Crippen molar-refractivity contribution in [3.8, 4) is 0 Å². The van der Waals surface area contributed by atoms with E-state index in [0.29, 0.717) is 0 Å². The number of aliphatic carboxylic acids is 1. The van der Waals surface area contributed by atoms with Crippen molar-refractivity contribution in [3.63, 3.8) is 0 Å². The van der Waals surface area contributed by atoms with Gasteiger partial charge in [-0.05, 0) is 36.3 Å². The zero-order valence-electron chi connectivity index (χ0n) is 10.8. The second-order valence-electron chi connectivity index (χ2n) is 4.71. The highest BCUT2D eigenvalue weighted by Crippen LogP contribution is 2.24. The third-order valence-electron chi connectivity index (χ3n) is 3.31. The van der Waals surface area contributed by atoms with Crippen molar-refractivity contribution in [2.24, 2.45) is 0 Å². The molecule has 0 saturated carbocycles. The van der Waals surface area contributed by atoms with Gasteiger partial charge in [0, 0.05) is 5.97 Å². The van der Waals surface area contributed by atoms with Crippen molar-refractivity contribution in [1.29, 1.82) is 0 Å². The summed E-state index contributed by atoms with van der Waals surface area (Å²) in [6, 6.07) is 19.9. The highest BCUT2D eigenvalue weighted by Gasteiger charge is 2.11. The molecule has 0 fully saturated rings. The minimum Gasteiger partial charge on any atom is -0.550 e. The number of benzene rings is 2. The van der Waals surface area contributed by atoms with Crippen LogP contribution < -0.4 is 5.11 Å². The molecule has 0 aliphatic rings. The van der Waals surface area contributed by atoms with E-state index in [9.17, 15) is 9.90 Å². The van der Waals surface area contributed by atoms with Crippen molar-refractivity contribution in [2.45, 2.75) is 25.2 Å². The van der Waals surface area contributed by atoms with E-state index in [1.807, 2.05) is 48.5 Å². The van der Waals surface area contributed by atoms with Crippen LogP contribution >= 0.6 is 0 Å². The van der Waals surface area contributed by atoms with E-state index < -0.39 is 5.97 Å². The second kappa shape index (κ2) is 6.74. The number of rotatable bonds is 6. The third kappa shape index (κ3) is 4.25. The summed E-state index contributed by atoms with van der Waals surface area (Å²) in [6.45, 7) is 0. The first-order valence-electron chi connectivity index (χ1n) is 6.54. The molecule has 2 aromatic carbocycles. The lowest BCUT2D eigenvalue weighted by molar-refractivity contribution is -0.306. The molecule has 0 bridgehead atoms. The van der Waals surface area contributed by atoms with Crippen LogP contribution in [-0.4, -0.2) is 5.97 Å². The molecule has 0 aromatic heterocycles. The van der Waals surface area contributed by atoms with E-state index in [1.165, 1.54) is 5.56 Å². The van der Waals surface area contributed by atoms with Crippen molar-refractivity contribution in [3.05, 3.63) is 71.8 Å². The van der Waals surface area contributed by atoms with Crippen molar-refractivity contribution < 1.29 is 9.90 Å². The maximum absolute atomic E-state index is 10.9.